The van der Waals surface area contributed by atoms with Crippen LogP contribution in [0.4, 0.5) is 0 Å². The van der Waals surface area contributed by atoms with Gasteiger partial charge < -0.3 is 14.4 Å². The van der Waals surface area contributed by atoms with E-state index in [1.807, 2.05) is 18.2 Å². The molecule has 0 atom stereocenters. The molecule has 0 saturated heterocycles. The van der Waals surface area contributed by atoms with Gasteiger partial charge in [0.15, 0.2) is 5.69 Å². The molecule has 0 aliphatic carbocycles. The lowest BCUT2D eigenvalue weighted by molar-refractivity contribution is 0.0690. The van der Waals surface area contributed by atoms with Gasteiger partial charge in [-0.25, -0.2) is 4.79 Å². The van der Waals surface area contributed by atoms with Crippen molar-refractivity contribution in [1.29, 1.82) is 0 Å². The lowest BCUT2D eigenvalue weighted by Gasteiger charge is -2.03. The topological polar surface area (TPSA) is 64.4 Å². The van der Waals surface area contributed by atoms with Crippen molar-refractivity contribution in [2.24, 2.45) is 7.05 Å². The van der Waals surface area contributed by atoms with Crippen molar-refractivity contribution in [3.8, 4) is 11.8 Å². The number of carboxylic acids is 1. The van der Waals surface area contributed by atoms with Crippen LogP contribution in [-0.2, 0) is 7.05 Å². The van der Waals surface area contributed by atoms with Gasteiger partial charge in [0.25, 0.3) is 0 Å². The number of aromatic carboxylic acids is 1. The number of aryl methyl sites for hydroxylation is 1. The third-order valence-electron chi connectivity index (χ3n) is 2.01. The second kappa shape index (κ2) is 4.06. The predicted octanol–water partition coefficient (Wildman–Crippen LogP) is 1.91. The highest BCUT2D eigenvalue weighted by atomic mass is 16.5. The number of ether oxygens (including phenoxy) is 1. The maximum absolute atomic E-state index is 10.7. The van der Waals surface area contributed by atoms with Crippen molar-refractivity contribution in [1.82, 2.24) is 9.55 Å². The third kappa shape index (κ3) is 2.03. The molecular weight excluding hydrogens is 208 g/mol. The number of hydrogen-bond donors (Lipinski definition) is 1. The van der Waals surface area contributed by atoms with Gasteiger partial charge in [0.1, 0.15) is 5.75 Å². The van der Waals surface area contributed by atoms with E-state index in [2.05, 4.69) is 4.98 Å². The fourth-order valence-corrected chi connectivity index (χ4v) is 1.24. The van der Waals surface area contributed by atoms with Crippen LogP contribution in [0, 0.1) is 0 Å². The van der Waals surface area contributed by atoms with Crippen LogP contribution in [0.1, 0.15) is 10.5 Å². The Morgan fingerprint density at radius 3 is 2.62 bits per heavy atom. The zero-order valence-electron chi connectivity index (χ0n) is 8.62. The summed E-state index contributed by atoms with van der Waals surface area (Å²) in [6, 6.07) is 9.33. The molecule has 16 heavy (non-hydrogen) atoms. The summed E-state index contributed by atoms with van der Waals surface area (Å²) in [6.07, 6.45) is 1.40. The Kier molecular flexibility index (Phi) is 2.59. The van der Waals surface area contributed by atoms with Crippen molar-refractivity contribution < 1.29 is 14.6 Å². The van der Waals surface area contributed by atoms with E-state index in [9.17, 15) is 4.79 Å². The minimum Gasteiger partial charge on any atom is -0.476 e. The molecule has 0 bridgehead atoms. The maximum atomic E-state index is 10.7. The molecule has 0 unspecified atom stereocenters. The number of hydrogen-bond acceptors (Lipinski definition) is 3. The number of nitrogens with zero attached hydrogens (tertiary/aromatic N) is 2. The van der Waals surface area contributed by atoms with Crippen LogP contribution >= 0.6 is 0 Å². The van der Waals surface area contributed by atoms with Crippen LogP contribution in [0.2, 0.25) is 0 Å². The molecule has 2 rings (SSSR count). The monoisotopic (exact) mass is 218 g/mol. The molecule has 1 N–H and O–H groups in total. The van der Waals surface area contributed by atoms with Crippen LogP contribution in [0.25, 0.3) is 0 Å². The molecule has 2 aromatic rings. The number of carboxylic acid groups (broad SMARTS) is 1. The van der Waals surface area contributed by atoms with Gasteiger partial charge in [0.05, 0.1) is 0 Å². The highest BCUT2D eigenvalue weighted by Gasteiger charge is 2.12. The molecule has 0 amide bonds. The molecule has 0 aliphatic heterocycles. The van der Waals surface area contributed by atoms with Crippen LogP contribution in [0.3, 0.4) is 0 Å². The molecule has 0 spiro atoms. The second-order valence-corrected chi connectivity index (χ2v) is 3.24. The lowest BCUT2D eigenvalue weighted by Crippen LogP contribution is -1.95. The smallest absolute Gasteiger partial charge is 0.356 e. The van der Waals surface area contributed by atoms with E-state index >= 15 is 0 Å². The first-order chi connectivity index (χ1) is 7.66. The lowest BCUT2D eigenvalue weighted by atomic mass is 10.3. The Bertz CT molecular complexity index is 505. The molecule has 0 fully saturated rings. The van der Waals surface area contributed by atoms with Crippen molar-refractivity contribution in [2.45, 2.75) is 0 Å². The summed E-state index contributed by atoms with van der Waals surface area (Å²) in [4.78, 5) is 14.5. The van der Waals surface area contributed by atoms with Crippen molar-refractivity contribution in [3.63, 3.8) is 0 Å². The Hall–Kier alpha value is -2.30. The molecular formula is C11H10N2O3. The predicted molar refractivity (Wildman–Crippen MR) is 56.7 cm³/mol. The number of carbonyl (C=O) groups is 1. The van der Waals surface area contributed by atoms with Gasteiger partial charge in [-0.1, -0.05) is 18.2 Å². The van der Waals surface area contributed by atoms with Gasteiger partial charge in [-0.2, -0.15) is 4.98 Å². The van der Waals surface area contributed by atoms with Gasteiger partial charge in [-0.15, -0.1) is 0 Å². The second-order valence-electron chi connectivity index (χ2n) is 3.24. The third-order valence-corrected chi connectivity index (χ3v) is 2.01. The van der Waals surface area contributed by atoms with Crippen molar-refractivity contribution in [2.75, 3.05) is 0 Å². The first kappa shape index (κ1) is 10.2. The molecule has 1 heterocycles. The van der Waals surface area contributed by atoms with E-state index in [1.54, 1.807) is 19.2 Å². The van der Waals surface area contributed by atoms with E-state index in [0.29, 0.717) is 5.75 Å². The molecule has 1 aromatic carbocycles. The summed E-state index contributed by atoms with van der Waals surface area (Å²) in [5, 5.41) is 8.76. The van der Waals surface area contributed by atoms with E-state index in [-0.39, 0.29) is 11.7 Å². The van der Waals surface area contributed by atoms with Gasteiger partial charge in [0, 0.05) is 13.2 Å². The number of para-hydroxylation sites is 1. The summed E-state index contributed by atoms with van der Waals surface area (Å²) in [5.74, 6) is -0.452. The normalized spacial score (nSPS) is 10.1. The Balaban J connectivity index is 2.25. The summed E-state index contributed by atoms with van der Waals surface area (Å²) in [7, 11) is 1.68. The first-order valence-electron chi connectivity index (χ1n) is 4.66. The largest absolute Gasteiger partial charge is 0.476 e. The molecule has 0 saturated carbocycles. The van der Waals surface area contributed by atoms with Gasteiger partial charge >= 0.3 is 12.0 Å². The van der Waals surface area contributed by atoms with E-state index in [1.165, 1.54) is 10.8 Å². The number of aromatic nitrogens is 2. The van der Waals surface area contributed by atoms with Gasteiger partial charge in [-0.3, -0.25) is 0 Å². The zero-order chi connectivity index (χ0) is 11.5. The van der Waals surface area contributed by atoms with E-state index < -0.39 is 5.97 Å². The number of benzene rings is 1. The average molecular weight is 218 g/mol. The average Bonchev–Trinajstić information content (AvgIpc) is 2.62. The molecule has 82 valence electrons. The Labute approximate surface area is 91.9 Å². The molecule has 0 radical (unpaired) electrons. The minimum atomic E-state index is -1.07. The van der Waals surface area contributed by atoms with Crippen LogP contribution in [-0.4, -0.2) is 20.6 Å². The van der Waals surface area contributed by atoms with E-state index in [0.717, 1.165) is 0 Å². The van der Waals surface area contributed by atoms with Gasteiger partial charge in [0.2, 0.25) is 0 Å². The number of imidazole rings is 1. The van der Waals surface area contributed by atoms with Crippen LogP contribution in [0.15, 0.2) is 36.5 Å². The van der Waals surface area contributed by atoms with Crippen molar-refractivity contribution in [3.05, 3.63) is 42.2 Å². The minimum absolute atomic E-state index is 0.0339. The fraction of sp³-hybridized carbons (Fsp3) is 0.0909. The van der Waals surface area contributed by atoms with Crippen LogP contribution < -0.4 is 4.74 Å². The maximum Gasteiger partial charge on any atom is 0.356 e. The first-order valence-corrected chi connectivity index (χ1v) is 4.66. The summed E-state index contributed by atoms with van der Waals surface area (Å²) in [5.41, 5.74) is -0.0339. The molecule has 5 heteroatoms. The Morgan fingerprint density at radius 1 is 1.38 bits per heavy atom. The highest BCUT2D eigenvalue weighted by Crippen LogP contribution is 2.19. The zero-order valence-corrected chi connectivity index (χ0v) is 8.62. The molecule has 0 aliphatic rings. The fourth-order valence-electron chi connectivity index (χ4n) is 1.24. The molecule has 5 nitrogen and oxygen atoms in total. The quantitative estimate of drug-likeness (QED) is 0.854. The van der Waals surface area contributed by atoms with Crippen molar-refractivity contribution >= 4 is 5.97 Å². The molecule has 1 aromatic heterocycles. The summed E-state index contributed by atoms with van der Waals surface area (Å²) in [6.45, 7) is 0. The number of rotatable bonds is 3. The Morgan fingerprint density at radius 2 is 2.06 bits per heavy atom. The SMILES string of the molecule is Cn1cc(C(=O)O)nc1Oc1ccccc1. The van der Waals surface area contributed by atoms with Crippen LogP contribution in [0.5, 0.6) is 11.8 Å². The summed E-state index contributed by atoms with van der Waals surface area (Å²) >= 11 is 0. The standard InChI is InChI=1S/C11H10N2O3/c1-13-7-9(10(14)15)12-11(13)16-8-5-3-2-4-6-8/h2-7H,1H3,(H,14,15). The highest BCUT2D eigenvalue weighted by molar-refractivity contribution is 5.85. The van der Waals surface area contributed by atoms with E-state index in [4.69, 9.17) is 9.84 Å². The van der Waals surface area contributed by atoms with Gasteiger partial charge in [-0.05, 0) is 12.1 Å². The summed E-state index contributed by atoms with van der Waals surface area (Å²) < 4.78 is 6.95.